The zero-order valence-corrected chi connectivity index (χ0v) is 10.6. The van der Waals surface area contributed by atoms with Crippen molar-refractivity contribution < 1.29 is 13.2 Å². The van der Waals surface area contributed by atoms with Gasteiger partial charge < -0.3 is 4.90 Å². The molecule has 1 amide bonds. The van der Waals surface area contributed by atoms with Gasteiger partial charge in [0.15, 0.2) is 9.84 Å². The largest absolute Gasteiger partial charge is 0.334 e. The molecule has 2 aliphatic rings. The summed E-state index contributed by atoms with van der Waals surface area (Å²) in [4.78, 5) is 17.6. The highest BCUT2D eigenvalue weighted by Crippen LogP contribution is 2.34. The number of sulfone groups is 1. The van der Waals surface area contributed by atoms with E-state index in [4.69, 9.17) is 0 Å². The van der Waals surface area contributed by atoms with Gasteiger partial charge in [-0.15, -0.1) is 0 Å². The van der Waals surface area contributed by atoms with Crippen molar-refractivity contribution in [1.29, 1.82) is 0 Å². The highest BCUT2D eigenvalue weighted by molar-refractivity contribution is 7.91. The van der Waals surface area contributed by atoms with Crippen LogP contribution in [-0.4, -0.2) is 41.8 Å². The molecule has 0 unspecified atom stereocenters. The molecule has 1 aromatic rings. The van der Waals surface area contributed by atoms with Crippen LogP contribution in [0.25, 0.3) is 0 Å². The Bertz CT molecular complexity index is 570. The van der Waals surface area contributed by atoms with Crippen molar-refractivity contribution in [2.24, 2.45) is 5.92 Å². The van der Waals surface area contributed by atoms with E-state index in [0.717, 1.165) is 5.56 Å². The Morgan fingerprint density at radius 2 is 2.22 bits per heavy atom. The van der Waals surface area contributed by atoms with E-state index < -0.39 is 9.84 Å². The molecule has 2 saturated heterocycles. The van der Waals surface area contributed by atoms with Crippen LogP contribution in [0, 0.1) is 5.92 Å². The second-order valence-corrected chi connectivity index (χ2v) is 7.15. The molecule has 0 N–H and O–H groups in total. The van der Waals surface area contributed by atoms with Gasteiger partial charge in [0.05, 0.1) is 17.5 Å². The van der Waals surface area contributed by atoms with Gasteiger partial charge in [-0.2, -0.15) is 0 Å². The van der Waals surface area contributed by atoms with Crippen LogP contribution >= 0.6 is 0 Å². The number of amides is 1. The van der Waals surface area contributed by atoms with Gasteiger partial charge in [0, 0.05) is 31.3 Å². The molecule has 96 valence electrons. The minimum atomic E-state index is -2.96. The van der Waals surface area contributed by atoms with Crippen LogP contribution in [0.3, 0.4) is 0 Å². The first-order valence-corrected chi connectivity index (χ1v) is 7.76. The van der Waals surface area contributed by atoms with Gasteiger partial charge in [-0.3, -0.25) is 9.78 Å². The first kappa shape index (κ1) is 11.6. The molecule has 18 heavy (non-hydrogen) atoms. The second-order valence-electron chi connectivity index (χ2n) is 4.99. The molecule has 0 radical (unpaired) electrons. The molecule has 0 aromatic carbocycles. The Balaban J connectivity index is 1.82. The zero-order chi connectivity index (χ0) is 12.8. The third-order valence-corrected chi connectivity index (χ3v) is 5.46. The summed E-state index contributed by atoms with van der Waals surface area (Å²) in [5.74, 6) is 0.319. The summed E-state index contributed by atoms with van der Waals surface area (Å²) in [6, 6.07) is 3.58. The molecule has 1 aromatic heterocycles. The maximum absolute atomic E-state index is 11.9. The molecule has 5 nitrogen and oxygen atoms in total. The van der Waals surface area contributed by atoms with Gasteiger partial charge >= 0.3 is 0 Å². The third kappa shape index (κ3) is 2.01. The van der Waals surface area contributed by atoms with Gasteiger partial charge in [-0.1, -0.05) is 6.07 Å². The molecule has 0 aliphatic carbocycles. The average molecular weight is 266 g/mol. The van der Waals surface area contributed by atoms with Crippen molar-refractivity contribution >= 4 is 15.7 Å². The highest BCUT2D eigenvalue weighted by atomic mass is 32.2. The quantitative estimate of drug-likeness (QED) is 0.768. The lowest BCUT2D eigenvalue weighted by Gasteiger charge is -2.23. The molecular formula is C12H14N2O3S. The van der Waals surface area contributed by atoms with Crippen LogP contribution in [0.1, 0.15) is 12.0 Å². The van der Waals surface area contributed by atoms with E-state index in [0.29, 0.717) is 13.0 Å². The fraction of sp³-hybridized carbons (Fsp3) is 0.500. The van der Waals surface area contributed by atoms with Crippen LogP contribution < -0.4 is 0 Å². The third-order valence-electron chi connectivity index (χ3n) is 3.67. The van der Waals surface area contributed by atoms with E-state index in [1.807, 2.05) is 12.1 Å². The molecule has 0 spiro atoms. The fourth-order valence-corrected chi connectivity index (χ4v) is 4.96. The maximum Gasteiger partial charge on any atom is 0.223 e. The summed E-state index contributed by atoms with van der Waals surface area (Å²) in [5, 5.41) is 0. The average Bonchev–Trinajstić information content (AvgIpc) is 2.74. The summed E-state index contributed by atoms with van der Waals surface area (Å²) in [7, 11) is -2.96. The number of fused-ring (bicyclic) bond motifs is 1. The standard InChI is InChI=1S/C12H14N2O3S/c15-12-4-10-7-18(16,17)8-11(10)14(12)6-9-2-1-3-13-5-9/h1-3,5,10-11H,4,6-8H2/t10-,11-/m1/s1. The maximum atomic E-state index is 11.9. The molecule has 3 heterocycles. The summed E-state index contributed by atoms with van der Waals surface area (Å²) in [6.45, 7) is 0.462. The number of pyridine rings is 1. The molecule has 2 aliphatic heterocycles. The predicted molar refractivity (Wildman–Crippen MR) is 65.3 cm³/mol. The summed E-state index contributed by atoms with van der Waals surface area (Å²) in [6.07, 6.45) is 3.76. The van der Waals surface area contributed by atoms with Crippen molar-refractivity contribution in [2.45, 2.75) is 19.0 Å². The lowest BCUT2D eigenvalue weighted by atomic mass is 10.1. The summed E-state index contributed by atoms with van der Waals surface area (Å²) in [5.41, 5.74) is 0.941. The van der Waals surface area contributed by atoms with Gasteiger partial charge in [-0.25, -0.2) is 8.42 Å². The van der Waals surface area contributed by atoms with Gasteiger partial charge in [0.1, 0.15) is 0 Å². The van der Waals surface area contributed by atoms with Crippen LogP contribution in [-0.2, 0) is 21.2 Å². The van der Waals surface area contributed by atoms with Crippen LogP contribution in [0.4, 0.5) is 0 Å². The number of likely N-dealkylation sites (tertiary alicyclic amines) is 1. The van der Waals surface area contributed by atoms with E-state index in [1.54, 1.807) is 17.3 Å². The zero-order valence-electron chi connectivity index (χ0n) is 9.82. The van der Waals surface area contributed by atoms with Crippen molar-refractivity contribution in [3.05, 3.63) is 30.1 Å². The molecule has 2 atom stereocenters. The minimum absolute atomic E-state index is 0.0147. The number of hydrogen-bond donors (Lipinski definition) is 0. The topological polar surface area (TPSA) is 67.3 Å². The number of aromatic nitrogens is 1. The number of carbonyl (C=O) groups is 1. The smallest absolute Gasteiger partial charge is 0.223 e. The second kappa shape index (κ2) is 4.05. The number of carbonyl (C=O) groups excluding carboxylic acids is 1. The molecule has 6 heteroatoms. The van der Waals surface area contributed by atoms with Gasteiger partial charge in [-0.05, 0) is 11.6 Å². The van der Waals surface area contributed by atoms with Gasteiger partial charge in [0.25, 0.3) is 0 Å². The summed E-state index contributed by atoms with van der Waals surface area (Å²) < 4.78 is 23.2. The molecule has 3 rings (SSSR count). The predicted octanol–water partition coefficient (Wildman–Crippen LogP) is 0.227. The van der Waals surface area contributed by atoms with E-state index in [2.05, 4.69) is 4.98 Å². The lowest BCUT2D eigenvalue weighted by Crippen LogP contribution is -2.35. The van der Waals surface area contributed by atoms with Crippen LogP contribution in [0.2, 0.25) is 0 Å². The van der Waals surface area contributed by atoms with E-state index in [9.17, 15) is 13.2 Å². The van der Waals surface area contributed by atoms with Crippen molar-refractivity contribution in [2.75, 3.05) is 11.5 Å². The van der Waals surface area contributed by atoms with E-state index in [1.165, 1.54) is 0 Å². The Morgan fingerprint density at radius 1 is 1.39 bits per heavy atom. The Hall–Kier alpha value is -1.43. The van der Waals surface area contributed by atoms with Crippen molar-refractivity contribution in [3.8, 4) is 0 Å². The van der Waals surface area contributed by atoms with Crippen molar-refractivity contribution in [1.82, 2.24) is 9.88 Å². The lowest BCUT2D eigenvalue weighted by molar-refractivity contribution is -0.129. The number of hydrogen-bond acceptors (Lipinski definition) is 4. The van der Waals surface area contributed by atoms with Crippen molar-refractivity contribution in [3.63, 3.8) is 0 Å². The fourth-order valence-electron chi connectivity index (χ4n) is 2.86. The Labute approximate surface area is 106 Å². The SMILES string of the molecule is O=C1C[C@@H]2CS(=O)(=O)C[C@H]2N1Cc1cccnc1. The molecule has 2 fully saturated rings. The van der Waals surface area contributed by atoms with Crippen LogP contribution in [0.15, 0.2) is 24.5 Å². The molecule has 0 saturated carbocycles. The number of nitrogens with zero attached hydrogens (tertiary/aromatic N) is 2. The molecular weight excluding hydrogens is 252 g/mol. The Morgan fingerprint density at radius 3 is 2.94 bits per heavy atom. The van der Waals surface area contributed by atoms with Gasteiger partial charge in [0.2, 0.25) is 5.91 Å². The first-order chi connectivity index (χ1) is 8.55. The summed E-state index contributed by atoms with van der Waals surface area (Å²) >= 11 is 0. The van der Waals surface area contributed by atoms with E-state index in [-0.39, 0.29) is 29.4 Å². The minimum Gasteiger partial charge on any atom is -0.334 e. The van der Waals surface area contributed by atoms with E-state index >= 15 is 0 Å². The number of rotatable bonds is 2. The normalized spacial score (nSPS) is 29.6. The highest BCUT2D eigenvalue weighted by Gasteiger charge is 2.48. The van der Waals surface area contributed by atoms with Crippen LogP contribution in [0.5, 0.6) is 0 Å². The first-order valence-electron chi connectivity index (χ1n) is 5.94. The Kier molecular flexibility index (Phi) is 2.62. The monoisotopic (exact) mass is 266 g/mol. The molecule has 0 bridgehead atoms.